The van der Waals surface area contributed by atoms with E-state index in [1.54, 1.807) is 6.08 Å². The van der Waals surface area contributed by atoms with Crippen LogP contribution in [0.25, 0.3) is 6.08 Å². The first kappa shape index (κ1) is 10.9. The van der Waals surface area contributed by atoms with Gasteiger partial charge in [0.15, 0.2) is 0 Å². The van der Waals surface area contributed by atoms with Gasteiger partial charge in [-0.3, -0.25) is 4.79 Å². The average molecular weight is 217 g/mol. The Balaban J connectivity index is 1.93. The number of benzene rings is 1. The minimum absolute atomic E-state index is 0.122. The van der Waals surface area contributed by atoms with Crippen molar-refractivity contribution in [2.45, 2.75) is 0 Å². The lowest BCUT2D eigenvalue weighted by Gasteiger charge is -2.23. The van der Waals surface area contributed by atoms with Crippen LogP contribution in [0.4, 0.5) is 0 Å². The fourth-order valence-electron chi connectivity index (χ4n) is 1.81. The zero-order valence-corrected chi connectivity index (χ0v) is 9.30. The Bertz CT molecular complexity index is 367. The molecule has 0 aliphatic carbocycles. The molecule has 1 aromatic rings. The lowest BCUT2D eigenvalue weighted by Crippen LogP contribution is -2.89. The smallest absolute Gasteiger partial charge is 0.246 e. The van der Waals surface area contributed by atoms with Crippen LogP contribution in [0.1, 0.15) is 5.56 Å². The van der Waals surface area contributed by atoms with Crippen molar-refractivity contribution < 1.29 is 10.1 Å². The Morgan fingerprint density at radius 3 is 2.56 bits per heavy atom. The van der Waals surface area contributed by atoms with E-state index < -0.39 is 0 Å². The number of carbonyl (C=O) groups is 1. The highest BCUT2D eigenvalue weighted by Crippen LogP contribution is 2.02. The lowest BCUT2D eigenvalue weighted by molar-refractivity contribution is -0.662. The van der Waals surface area contributed by atoms with Crippen molar-refractivity contribution in [1.82, 2.24) is 4.90 Å². The fraction of sp³-hybridized carbons (Fsp3) is 0.308. The molecule has 0 spiro atoms. The SMILES string of the molecule is O=C(/C=C/c1ccccc1)N1CC[NH2+]CC1. The van der Waals surface area contributed by atoms with Gasteiger partial charge in [0.05, 0.1) is 26.2 Å². The molecule has 2 rings (SSSR count). The molecule has 1 saturated heterocycles. The van der Waals surface area contributed by atoms with E-state index >= 15 is 0 Å². The zero-order valence-electron chi connectivity index (χ0n) is 9.30. The zero-order chi connectivity index (χ0) is 11.2. The second-order valence-electron chi connectivity index (χ2n) is 3.94. The number of nitrogens with zero attached hydrogens (tertiary/aromatic N) is 1. The molecule has 84 valence electrons. The topological polar surface area (TPSA) is 36.9 Å². The molecule has 1 heterocycles. The highest BCUT2D eigenvalue weighted by Gasteiger charge is 2.15. The summed E-state index contributed by atoms with van der Waals surface area (Å²) in [4.78, 5) is 13.7. The van der Waals surface area contributed by atoms with Crippen LogP contribution in [-0.4, -0.2) is 37.0 Å². The number of nitrogens with two attached hydrogens (primary N) is 1. The largest absolute Gasteiger partial charge is 0.343 e. The van der Waals surface area contributed by atoms with Crippen molar-refractivity contribution in [3.05, 3.63) is 42.0 Å². The van der Waals surface area contributed by atoms with Crippen LogP contribution < -0.4 is 5.32 Å². The summed E-state index contributed by atoms with van der Waals surface area (Å²) in [6.07, 6.45) is 3.54. The van der Waals surface area contributed by atoms with Crippen molar-refractivity contribution in [3.63, 3.8) is 0 Å². The third-order valence-corrected chi connectivity index (χ3v) is 2.74. The van der Waals surface area contributed by atoms with E-state index in [0.29, 0.717) is 0 Å². The molecule has 1 fully saturated rings. The second kappa shape index (κ2) is 5.47. The van der Waals surface area contributed by atoms with Crippen LogP contribution >= 0.6 is 0 Å². The molecule has 3 heteroatoms. The van der Waals surface area contributed by atoms with Crippen LogP contribution in [0.5, 0.6) is 0 Å². The molecule has 1 amide bonds. The number of piperazine rings is 1. The number of hydrogen-bond donors (Lipinski definition) is 1. The number of hydrogen-bond acceptors (Lipinski definition) is 1. The molecule has 1 aromatic carbocycles. The normalized spacial score (nSPS) is 16.6. The molecule has 1 aliphatic rings. The van der Waals surface area contributed by atoms with E-state index in [1.165, 1.54) is 0 Å². The summed E-state index contributed by atoms with van der Waals surface area (Å²) in [6, 6.07) is 9.90. The van der Waals surface area contributed by atoms with Gasteiger partial charge < -0.3 is 10.2 Å². The molecular formula is C13H17N2O+. The molecule has 16 heavy (non-hydrogen) atoms. The Morgan fingerprint density at radius 2 is 1.88 bits per heavy atom. The molecule has 0 atom stereocenters. The Labute approximate surface area is 95.8 Å². The predicted octanol–water partition coefficient (Wildman–Crippen LogP) is 0.105. The fourth-order valence-corrected chi connectivity index (χ4v) is 1.81. The summed E-state index contributed by atoms with van der Waals surface area (Å²) in [7, 11) is 0. The molecular weight excluding hydrogens is 200 g/mol. The molecule has 0 unspecified atom stereocenters. The maximum Gasteiger partial charge on any atom is 0.246 e. The predicted molar refractivity (Wildman–Crippen MR) is 63.7 cm³/mol. The van der Waals surface area contributed by atoms with Crippen LogP contribution in [-0.2, 0) is 4.79 Å². The van der Waals surface area contributed by atoms with Crippen LogP contribution in [0.2, 0.25) is 0 Å². The minimum atomic E-state index is 0.122. The highest BCUT2D eigenvalue weighted by molar-refractivity contribution is 5.91. The van der Waals surface area contributed by atoms with Gasteiger partial charge in [-0.2, -0.15) is 0 Å². The summed E-state index contributed by atoms with van der Waals surface area (Å²) < 4.78 is 0. The molecule has 0 aromatic heterocycles. The first-order chi connectivity index (χ1) is 7.86. The van der Waals surface area contributed by atoms with Crippen LogP contribution in [0.15, 0.2) is 36.4 Å². The summed E-state index contributed by atoms with van der Waals surface area (Å²) in [5.41, 5.74) is 1.07. The third-order valence-electron chi connectivity index (χ3n) is 2.74. The number of rotatable bonds is 2. The van der Waals surface area contributed by atoms with Crippen molar-refractivity contribution in [2.24, 2.45) is 0 Å². The van der Waals surface area contributed by atoms with E-state index in [4.69, 9.17) is 0 Å². The van der Waals surface area contributed by atoms with Gasteiger partial charge in [0.2, 0.25) is 5.91 Å². The number of carbonyl (C=O) groups excluding carboxylic acids is 1. The number of amides is 1. The van der Waals surface area contributed by atoms with E-state index in [2.05, 4.69) is 5.32 Å². The maximum absolute atomic E-state index is 11.8. The van der Waals surface area contributed by atoms with E-state index in [-0.39, 0.29) is 5.91 Å². The summed E-state index contributed by atoms with van der Waals surface area (Å²) in [5.74, 6) is 0.122. The van der Waals surface area contributed by atoms with Gasteiger partial charge in [-0.1, -0.05) is 30.3 Å². The lowest BCUT2D eigenvalue weighted by atomic mass is 10.2. The van der Waals surface area contributed by atoms with Gasteiger partial charge in [0.25, 0.3) is 0 Å². The Morgan fingerprint density at radius 1 is 1.19 bits per heavy atom. The summed E-state index contributed by atoms with van der Waals surface area (Å²) in [6.45, 7) is 3.76. The molecule has 0 bridgehead atoms. The quantitative estimate of drug-likeness (QED) is 0.701. The van der Waals surface area contributed by atoms with Crippen LogP contribution in [0.3, 0.4) is 0 Å². The van der Waals surface area contributed by atoms with Gasteiger partial charge in [-0.05, 0) is 11.6 Å². The van der Waals surface area contributed by atoms with E-state index in [1.807, 2.05) is 41.3 Å². The molecule has 3 nitrogen and oxygen atoms in total. The first-order valence-electron chi connectivity index (χ1n) is 5.70. The summed E-state index contributed by atoms with van der Waals surface area (Å²) >= 11 is 0. The second-order valence-corrected chi connectivity index (χ2v) is 3.94. The maximum atomic E-state index is 11.8. The van der Waals surface area contributed by atoms with Crippen molar-refractivity contribution in [3.8, 4) is 0 Å². The van der Waals surface area contributed by atoms with Crippen molar-refractivity contribution in [1.29, 1.82) is 0 Å². The van der Waals surface area contributed by atoms with Crippen molar-refractivity contribution in [2.75, 3.05) is 26.2 Å². The molecule has 1 aliphatic heterocycles. The van der Waals surface area contributed by atoms with Gasteiger partial charge in [0.1, 0.15) is 0 Å². The first-order valence-corrected chi connectivity index (χ1v) is 5.70. The molecule has 0 saturated carbocycles. The van der Waals surface area contributed by atoms with Gasteiger partial charge in [0, 0.05) is 6.08 Å². The van der Waals surface area contributed by atoms with Gasteiger partial charge >= 0.3 is 0 Å². The van der Waals surface area contributed by atoms with Crippen molar-refractivity contribution >= 4 is 12.0 Å². The van der Waals surface area contributed by atoms with Crippen LogP contribution in [0, 0.1) is 0 Å². The summed E-state index contributed by atoms with van der Waals surface area (Å²) in [5, 5.41) is 2.24. The standard InChI is InChI=1S/C13H16N2O/c16-13(15-10-8-14-9-11-15)7-6-12-4-2-1-3-5-12/h1-7,14H,8-11H2/p+1/b7-6+. The third kappa shape index (κ3) is 2.94. The van der Waals surface area contributed by atoms with E-state index in [0.717, 1.165) is 31.7 Å². The van der Waals surface area contributed by atoms with E-state index in [9.17, 15) is 4.79 Å². The van der Waals surface area contributed by atoms with Gasteiger partial charge in [-0.15, -0.1) is 0 Å². The van der Waals surface area contributed by atoms with Gasteiger partial charge in [-0.25, -0.2) is 0 Å². The molecule has 0 radical (unpaired) electrons. The average Bonchev–Trinajstić information content (AvgIpc) is 2.38. The molecule has 2 N–H and O–H groups in total. The number of quaternary nitrogens is 1. The monoisotopic (exact) mass is 217 g/mol. The minimum Gasteiger partial charge on any atom is -0.343 e. The Kier molecular flexibility index (Phi) is 3.72. The highest BCUT2D eigenvalue weighted by atomic mass is 16.2. The Hall–Kier alpha value is -1.61.